The number of nitrogens with two attached hydrogens (primary N) is 1. The monoisotopic (exact) mass is 313 g/mol. The van der Waals surface area contributed by atoms with Gasteiger partial charge in [0.15, 0.2) is 11.4 Å². The van der Waals surface area contributed by atoms with Gasteiger partial charge in [-0.2, -0.15) is 0 Å². The lowest BCUT2D eigenvalue weighted by Crippen LogP contribution is -2.47. The Morgan fingerprint density at radius 2 is 1.68 bits per heavy atom. The van der Waals surface area contributed by atoms with Crippen LogP contribution in [0.2, 0.25) is 0 Å². The van der Waals surface area contributed by atoms with Crippen molar-refractivity contribution in [2.24, 2.45) is 10.9 Å². The second-order valence-electron chi connectivity index (χ2n) is 5.31. The first-order valence-electron chi connectivity index (χ1n) is 7.10. The first-order chi connectivity index (χ1) is 10.7. The summed E-state index contributed by atoms with van der Waals surface area (Å²) in [5.74, 6) is 5.67. The Morgan fingerprint density at radius 1 is 1.09 bits per heavy atom. The summed E-state index contributed by atoms with van der Waals surface area (Å²) in [5.41, 5.74) is 1.55. The minimum atomic E-state index is -0.551. The second-order valence-corrected chi connectivity index (χ2v) is 6.08. The molecule has 0 saturated heterocycles. The van der Waals surface area contributed by atoms with E-state index < -0.39 is 5.54 Å². The van der Waals surface area contributed by atoms with Gasteiger partial charge in [-0.25, -0.2) is 10.9 Å². The highest BCUT2D eigenvalue weighted by Crippen LogP contribution is 2.41. The fourth-order valence-electron chi connectivity index (χ4n) is 2.81. The van der Waals surface area contributed by atoms with Crippen LogP contribution in [0.3, 0.4) is 0 Å². The number of rotatable bonds is 3. The highest BCUT2D eigenvalue weighted by atomic mass is 32.2. The molecule has 1 aliphatic heterocycles. The summed E-state index contributed by atoms with van der Waals surface area (Å²) < 4.78 is 0. The number of anilines is 1. The predicted molar refractivity (Wildman–Crippen MR) is 92.7 cm³/mol. The Kier molecular flexibility index (Phi) is 4.20. The predicted octanol–water partition coefficient (Wildman–Crippen LogP) is 3.36. The molecule has 114 valence electrons. The largest absolute Gasteiger partial charge is 0.290 e. The van der Waals surface area contributed by atoms with E-state index in [1.54, 1.807) is 11.8 Å². The van der Waals surface area contributed by atoms with Crippen molar-refractivity contribution in [3.63, 3.8) is 0 Å². The molecule has 1 unspecified atom stereocenters. The average molecular weight is 313 g/mol. The summed E-state index contributed by atoms with van der Waals surface area (Å²) in [6, 6.07) is 20.2. The average Bonchev–Trinajstić information content (AvgIpc) is 2.89. The van der Waals surface area contributed by atoms with Crippen molar-refractivity contribution in [1.82, 2.24) is 0 Å². The lowest BCUT2D eigenvalue weighted by atomic mass is 9.91. The number of amidine groups is 1. The first-order valence-corrected chi connectivity index (χ1v) is 8.32. The molecule has 0 fully saturated rings. The molecule has 5 heteroatoms. The van der Waals surface area contributed by atoms with E-state index in [1.807, 2.05) is 54.8 Å². The maximum absolute atomic E-state index is 5.67. The van der Waals surface area contributed by atoms with Crippen molar-refractivity contribution in [2.45, 2.75) is 18.7 Å². The van der Waals surface area contributed by atoms with Gasteiger partial charge in [0.2, 0.25) is 0 Å². The zero-order valence-corrected chi connectivity index (χ0v) is 13.5. The maximum Gasteiger partial charge on any atom is 0.185 e. The third-order valence-electron chi connectivity index (χ3n) is 3.95. The molecule has 0 aromatic heterocycles. The van der Waals surface area contributed by atoms with Gasteiger partial charge >= 0.3 is 0 Å². The van der Waals surface area contributed by atoms with Gasteiger partial charge in [0, 0.05) is 5.69 Å². The molecule has 2 N–H and O–H groups in total. The Labute approximate surface area is 134 Å². The highest BCUT2D eigenvalue weighted by Gasteiger charge is 2.48. The molecule has 2 aromatic carbocycles. The van der Waals surface area contributed by atoms with Crippen LogP contribution in [-0.4, -0.2) is 17.7 Å². The van der Waals surface area contributed by atoms with Crippen LogP contribution in [0.4, 0.5) is 5.69 Å². The number of hydrogen-bond donors (Lipinski definition) is 1. The molecule has 2 atom stereocenters. The minimum absolute atomic E-state index is 0.389. The molecule has 0 radical (unpaired) electrons. The molecule has 22 heavy (non-hydrogen) atoms. The minimum Gasteiger partial charge on any atom is -0.290 e. The van der Waals surface area contributed by atoms with E-state index in [4.69, 9.17) is 15.7 Å². The van der Waals surface area contributed by atoms with Crippen LogP contribution in [0.15, 0.2) is 65.7 Å². The molecule has 0 aliphatic carbocycles. The Morgan fingerprint density at radius 3 is 2.23 bits per heavy atom. The summed E-state index contributed by atoms with van der Waals surface area (Å²) in [5, 5.41) is 0.896. The van der Waals surface area contributed by atoms with Gasteiger partial charge < -0.3 is 0 Å². The number of thioether (sulfide) groups is 1. The van der Waals surface area contributed by atoms with E-state index in [1.165, 1.54) is 0 Å². The molecule has 1 aliphatic rings. The zero-order valence-electron chi connectivity index (χ0n) is 12.6. The molecular weight excluding hydrogens is 294 g/mol. The van der Waals surface area contributed by atoms with Crippen LogP contribution in [0, 0.1) is 0 Å². The van der Waals surface area contributed by atoms with Gasteiger partial charge in [0.05, 0.1) is 0 Å². The van der Waals surface area contributed by atoms with Crippen LogP contribution in [0.1, 0.15) is 12.5 Å². The number of hydrogen-bond acceptors (Lipinski definition) is 5. The van der Waals surface area contributed by atoms with Gasteiger partial charge in [-0.05, 0) is 30.9 Å². The Bertz CT molecular complexity index is 662. The van der Waals surface area contributed by atoms with Crippen molar-refractivity contribution in [3.05, 3.63) is 66.2 Å². The fraction of sp³-hybridized carbons (Fsp3) is 0.235. The molecule has 3 rings (SSSR count). The van der Waals surface area contributed by atoms with Gasteiger partial charge in [-0.3, -0.25) is 9.74 Å². The standard InChI is InChI=1S/C17H19N3OS/c1-17(13-9-5-3-6-10-13)15(21-18)20(16(19-17)22-2)14-11-7-4-8-12-14/h3-12,15H,18H2,1-2H3/t15-,17?/m0/s1. The lowest BCUT2D eigenvalue weighted by Gasteiger charge is -2.33. The smallest absolute Gasteiger partial charge is 0.185 e. The van der Waals surface area contributed by atoms with Crippen LogP contribution >= 0.6 is 11.8 Å². The van der Waals surface area contributed by atoms with E-state index >= 15 is 0 Å². The van der Waals surface area contributed by atoms with Gasteiger partial charge in [-0.15, -0.1) is 0 Å². The summed E-state index contributed by atoms with van der Waals surface area (Å²) in [6.45, 7) is 2.05. The quantitative estimate of drug-likeness (QED) is 0.883. The summed E-state index contributed by atoms with van der Waals surface area (Å²) in [4.78, 5) is 12.4. The van der Waals surface area contributed by atoms with E-state index in [-0.39, 0.29) is 6.23 Å². The van der Waals surface area contributed by atoms with Crippen molar-refractivity contribution in [1.29, 1.82) is 0 Å². The van der Waals surface area contributed by atoms with Gasteiger partial charge in [0.1, 0.15) is 5.54 Å². The summed E-state index contributed by atoms with van der Waals surface area (Å²) in [7, 11) is 0. The Hall–Kier alpha value is -1.82. The zero-order chi connectivity index (χ0) is 15.6. The van der Waals surface area contributed by atoms with E-state index in [9.17, 15) is 0 Å². The number of para-hydroxylation sites is 1. The topological polar surface area (TPSA) is 50.9 Å². The molecule has 0 saturated carbocycles. The third kappa shape index (κ3) is 2.41. The van der Waals surface area contributed by atoms with Crippen molar-refractivity contribution in [2.75, 3.05) is 11.2 Å². The first kappa shape index (κ1) is 15.1. The van der Waals surface area contributed by atoms with Crippen LogP contribution in [-0.2, 0) is 10.4 Å². The van der Waals surface area contributed by atoms with Gasteiger partial charge in [0.25, 0.3) is 0 Å². The molecule has 2 aromatic rings. The highest BCUT2D eigenvalue weighted by molar-refractivity contribution is 8.13. The van der Waals surface area contributed by atoms with E-state index in [2.05, 4.69) is 24.0 Å². The lowest BCUT2D eigenvalue weighted by molar-refractivity contribution is 0.0172. The summed E-state index contributed by atoms with van der Waals surface area (Å²) >= 11 is 1.59. The van der Waals surface area contributed by atoms with Crippen molar-refractivity contribution < 1.29 is 4.84 Å². The maximum atomic E-state index is 5.67. The van der Waals surface area contributed by atoms with Gasteiger partial charge in [-0.1, -0.05) is 60.3 Å². The molecule has 0 spiro atoms. The van der Waals surface area contributed by atoms with Crippen molar-refractivity contribution in [3.8, 4) is 0 Å². The summed E-state index contributed by atoms with van der Waals surface area (Å²) in [6.07, 6.45) is 1.62. The van der Waals surface area contributed by atoms with Crippen LogP contribution < -0.4 is 10.8 Å². The molecular formula is C17H19N3OS. The third-order valence-corrected chi connectivity index (χ3v) is 4.61. The van der Waals surface area contributed by atoms with Crippen LogP contribution in [0.5, 0.6) is 0 Å². The van der Waals surface area contributed by atoms with Crippen LogP contribution in [0.25, 0.3) is 0 Å². The number of benzene rings is 2. The fourth-order valence-corrected chi connectivity index (χ4v) is 3.49. The molecule has 4 nitrogen and oxygen atoms in total. The second kappa shape index (κ2) is 6.12. The normalized spacial score (nSPS) is 24.4. The molecule has 0 amide bonds. The van der Waals surface area contributed by atoms with E-state index in [0.29, 0.717) is 0 Å². The molecule has 1 heterocycles. The van der Waals surface area contributed by atoms with E-state index in [0.717, 1.165) is 16.4 Å². The number of aliphatic imine (C=N–C) groups is 1. The Balaban J connectivity index is 2.09. The molecule has 0 bridgehead atoms. The van der Waals surface area contributed by atoms with Crippen molar-refractivity contribution >= 4 is 22.6 Å². The number of nitrogens with zero attached hydrogens (tertiary/aromatic N) is 2. The SMILES string of the molecule is CSC1=NC(C)(c2ccccc2)[C@H](ON)N1c1ccccc1.